The van der Waals surface area contributed by atoms with E-state index < -0.39 is 0 Å². The van der Waals surface area contributed by atoms with Gasteiger partial charge in [0.1, 0.15) is 0 Å². The molecule has 0 aliphatic heterocycles. The highest BCUT2D eigenvalue weighted by molar-refractivity contribution is 7.07. The Kier molecular flexibility index (Phi) is 6.71. The highest BCUT2D eigenvalue weighted by Gasteiger charge is 2.11. The van der Waals surface area contributed by atoms with E-state index >= 15 is 0 Å². The average molecular weight is 321 g/mol. The Morgan fingerprint density at radius 1 is 1.14 bits per heavy atom. The molecule has 1 aromatic heterocycles. The van der Waals surface area contributed by atoms with Crippen LogP contribution in [0.25, 0.3) is 0 Å². The lowest BCUT2D eigenvalue weighted by molar-refractivity contribution is 0.170. The standard InChI is InChI=1S/C17H23NO3S/c1-19-7-3-8-21-17-11-13(4-5-16(17)20-2)10-15(18)14-6-9-22-12-14/h4-6,9,11-12,15H,3,7-8,10,18H2,1-2H3. The summed E-state index contributed by atoms with van der Waals surface area (Å²) in [6.07, 6.45) is 1.62. The van der Waals surface area contributed by atoms with E-state index in [1.54, 1.807) is 25.6 Å². The fraction of sp³-hybridized carbons (Fsp3) is 0.412. The highest BCUT2D eigenvalue weighted by Crippen LogP contribution is 2.30. The van der Waals surface area contributed by atoms with Crippen LogP contribution in [0.3, 0.4) is 0 Å². The summed E-state index contributed by atoms with van der Waals surface area (Å²) in [6.45, 7) is 1.29. The van der Waals surface area contributed by atoms with Crippen LogP contribution >= 0.6 is 11.3 Å². The second-order valence-corrected chi connectivity index (χ2v) is 5.83. The molecule has 1 aromatic carbocycles. The summed E-state index contributed by atoms with van der Waals surface area (Å²) in [4.78, 5) is 0. The van der Waals surface area contributed by atoms with E-state index in [1.807, 2.05) is 23.6 Å². The Morgan fingerprint density at radius 3 is 2.68 bits per heavy atom. The molecule has 0 saturated carbocycles. The van der Waals surface area contributed by atoms with Gasteiger partial charge < -0.3 is 19.9 Å². The van der Waals surface area contributed by atoms with E-state index in [2.05, 4.69) is 11.4 Å². The third kappa shape index (κ3) is 4.73. The number of rotatable bonds is 9. The van der Waals surface area contributed by atoms with Gasteiger partial charge in [-0.1, -0.05) is 6.07 Å². The van der Waals surface area contributed by atoms with Crippen LogP contribution in [-0.4, -0.2) is 27.4 Å². The van der Waals surface area contributed by atoms with Crippen molar-refractivity contribution in [2.75, 3.05) is 27.4 Å². The fourth-order valence-electron chi connectivity index (χ4n) is 2.20. The molecule has 0 aliphatic carbocycles. The maximum Gasteiger partial charge on any atom is 0.161 e. The fourth-order valence-corrected chi connectivity index (χ4v) is 2.93. The minimum Gasteiger partial charge on any atom is -0.493 e. The van der Waals surface area contributed by atoms with Gasteiger partial charge in [-0.3, -0.25) is 0 Å². The molecule has 0 bridgehead atoms. The van der Waals surface area contributed by atoms with Crippen molar-refractivity contribution in [2.24, 2.45) is 5.73 Å². The van der Waals surface area contributed by atoms with Crippen molar-refractivity contribution in [3.63, 3.8) is 0 Å². The molecule has 5 heteroatoms. The van der Waals surface area contributed by atoms with Crippen molar-refractivity contribution in [3.05, 3.63) is 46.2 Å². The first-order valence-corrected chi connectivity index (χ1v) is 8.25. The minimum atomic E-state index is 0.000913. The molecule has 1 heterocycles. The van der Waals surface area contributed by atoms with Crippen LogP contribution in [0.1, 0.15) is 23.6 Å². The van der Waals surface area contributed by atoms with Gasteiger partial charge in [0, 0.05) is 26.2 Å². The van der Waals surface area contributed by atoms with Gasteiger partial charge in [0.2, 0.25) is 0 Å². The number of thiophene rings is 1. The molecule has 0 radical (unpaired) electrons. The topological polar surface area (TPSA) is 53.7 Å². The van der Waals surface area contributed by atoms with Gasteiger partial charge in [-0.25, -0.2) is 0 Å². The lowest BCUT2D eigenvalue weighted by Gasteiger charge is -2.14. The van der Waals surface area contributed by atoms with Crippen molar-refractivity contribution in [2.45, 2.75) is 18.9 Å². The summed E-state index contributed by atoms with van der Waals surface area (Å²) in [7, 11) is 3.33. The molecular formula is C17H23NO3S. The maximum absolute atomic E-state index is 6.25. The van der Waals surface area contributed by atoms with E-state index in [0.717, 1.165) is 29.9 Å². The molecule has 0 spiro atoms. The maximum atomic E-state index is 6.25. The Bertz CT molecular complexity index is 557. The van der Waals surface area contributed by atoms with Crippen molar-refractivity contribution in [1.29, 1.82) is 0 Å². The van der Waals surface area contributed by atoms with E-state index in [0.29, 0.717) is 13.2 Å². The molecule has 0 saturated heterocycles. The third-order valence-electron chi connectivity index (χ3n) is 3.41. The largest absolute Gasteiger partial charge is 0.493 e. The molecule has 0 amide bonds. The summed E-state index contributed by atoms with van der Waals surface area (Å²) in [5.41, 5.74) is 8.56. The van der Waals surface area contributed by atoms with Crippen molar-refractivity contribution in [1.82, 2.24) is 0 Å². The molecule has 1 atom stereocenters. The summed E-state index contributed by atoms with van der Waals surface area (Å²) in [5, 5.41) is 4.14. The van der Waals surface area contributed by atoms with Crippen molar-refractivity contribution < 1.29 is 14.2 Å². The number of benzene rings is 1. The smallest absolute Gasteiger partial charge is 0.161 e. The number of hydrogen-bond acceptors (Lipinski definition) is 5. The zero-order valence-corrected chi connectivity index (χ0v) is 13.9. The zero-order valence-electron chi connectivity index (χ0n) is 13.1. The first-order chi connectivity index (χ1) is 10.7. The van der Waals surface area contributed by atoms with E-state index in [-0.39, 0.29) is 6.04 Å². The minimum absolute atomic E-state index is 0.000913. The van der Waals surface area contributed by atoms with Crippen molar-refractivity contribution >= 4 is 11.3 Å². The van der Waals surface area contributed by atoms with Gasteiger partial charge in [0.25, 0.3) is 0 Å². The molecular weight excluding hydrogens is 298 g/mol. The van der Waals surface area contributed by atoms with Crippen LogP contribution in [0.5, 0.6) is 11.5 Å². The summed E-state index contributed by atoms with van der Waals surface area (Å²) >= 11 is 1.67. The van der Waals surface area contributed by atoms with Crippen LogP contribution in [-0.2, 0) is 11.2 Å². The quantitative estimate of drug-likeness (QED) is 0.719. The number of ether oxygens (including phenoxy) is 3. The molecule has 2 aromatic rings. The van der Waals surface area contributed by atoms with Gasteiger partial charge in [0.05, 0.1) is 13.7 Å². The molecule has 22 heavy (non-hydrogen) atoms. The Morgan fingerprint density at radius 2 is 2.00 bits per heavy atom. The highest BCUT2D eigenvalue weighted by atomic mass is 32.1. The van der Waals surface area contributed by atoms with Crippen LogP contribution in [0.4, 0.5) is 0 Å². The number of methoxy groups -OCH3 is 2. The van der Waals surface area contributed by atoms with Gasteiger partial charge in [-0.2, -0.15) is 11.3 Å². The number of hydrogen-bond donors (Lipinski definition) is 1. The molecule has 2 N–H and O–H groups in total. The Hall–Kier alpha value is -1.56. The zero-order chi connectivity index (χ0) is 15.8. The molecule has 2 rings (SSSR count). The average Bonchev–Trinajstić information content (AvgIpc) is 3.06. The lowest BCUT2D eigenvalue weighted by atomic mass is 10.0. The monoisotopic (exact) mass is 321 g/mol. The van der Waals surface area contributed by atoms with Crippen LogP contribution in [0.15, 0.2) is 35.0 Å². The Labute approximate surface area is 135 Å². The number of nitrogens with two attached hydrogens (primary N) is 1. The summed E-state index contributed by atoms with van der Waals surface area (Å²) < 4.78 is 16.2. The Balaban J connectivity index is 2.02. The third-order valence-corrected chi connectivity index (χ3v) is 4.11. The van der Waals surface area contributed by atoms with Gasteiger partial charge in [0.15, 0.2) is 11.5 Å². The predicted molar refractivity (Wildman–Crippen MR) is 89.9 cm³/mol. The summed E-state index contributed by atoms with van der Waals surface area (Å²) in [5.74, 6) is 1.50. The molecule has 0 fully saturated rings. The first-order valence-electron chi connectivity index (χ1n) is 7.31. The molecule has 120 valence electrons. The first kappa shape index (κ1) is 16.8. The van der Waals surface area contributed by atoms with Gasteiger partial charge in [-0.05, 0) is 46.5 Å². The van der Waals surface area contributed by atoms with Crippen LogP contribution < -0.4 is 15.2 Å². The second-order valence-electron chi connectivity index (χ2n) is 5.05. The van der Waals surface area contributed by atoms with E-state index in [1.165, 1.54) is 5.56 Å². The second kappa shape index (κ2) is 8.78. The molecule has 4 nitrogen and oxygen atoms in total. The van der Waals surface area contributed by atoms with Crippen molar-refractivity contribution in [3.8, 4) is 11.5 Å². The normalized spacial score (nSPS) is 12.1. The van der Waals surface area contributed by atoms with Crippen LogP contribution in [0.2, 0.25) is 0 Å². The predicted octanol–water partition coefficient (Wildman–Crippen LogP) is 3.41. The SMILES string of the molecule is COCCCOc1cc(CC(N)c2ccsc2)ccc1OC. The molecule has 0 aliphatic rings. The van der Waals surface area contributed by atoms with E-state index in [9.17, 15) is 0 Å². The summed E-state index contributed by atoms with van der Waals surface area (Å²) in [6, 6.07) is 8.05. The molecule has 1 unspecified atom stereocenters. The van der Waals surface area contributed by atoms with E-state index in [4.69, 9.17) is 19.9 Å². The lowest BCUT2D eigenvalue weighted by Crippen LogP contribution is -2.12. The van der Waals surface area contributed by atoms with Gasteiger partial charge in [-0.15, -0.1) is 0 Å². The van der Waals surface area contributed by atoms with Crippen LogP contribution in [0, 0.1) is 0 Å². The van der Waals surface area contributed by atoms with Gasteiger partial charge >= 0.3 is 0 Å².